The number of amides is 2. The van der Waals surface area contributed by atoms with Gasteiger partial charge in [-0.05, 0) is 31.2 Å². The van der Waals surface area contributed by atoms with Gasteiger partial charge in [0.05, 0.1) is 11.6 Å². The Morgan fingerprint density at radius 1 is 1.17 bits per heavy atom. The lowest BCUT2D eigenvalue weighted by Crippen LogP contribution is -2.34. The van der Waals surface area contributed by atoms with Crippen LogP contribution in [0.5, 0.6) is 0 Å². The largest absolute Gasteiger partial charge is 0.326 e. The van der Waals surface area contributed by atoms with Gasteiger partial charge in [0.25, 0.3) is 0 Å². The molecule has 1 aliphatic rings. The molecule has 3 rings (SSSR count). The molecule has 5 nitrogen and oxygen atoms in total. The predicted octanol–water partition coefficient (Wildman–Crippen LogP) is 2.49. The van der Waals surface area contributed by atoms with Gasteiger partial charge in [-0.1, -0.05) is 35.9 Å². The molecule has 1 unspecified atom stereocenters. The van der Waals surface area contributed by atoms with Crippen LogP contribution in [0.15, 0.2) is 54.6 Å². The molecule has 1 aliphatic heterocycles. The van der Waals surface area contributed by atoms with E-state index in [1.165, 1.54) is 5.01 Å². The third kappa shape index (κ3) is 3.57. The van der Waals surface area contributed by atoms with Crippen LogP contribution in [0.1, 0.15) is 12.0 Å². The highest BCUT2D eigenvalue weighted by atomic mass is 16.2. The molecule has 1 heterocycles. The van der Waals surface area contributed by atoms with E-state index in [1.807, 2.05) is 61.5 Å². The van der Waals surface area contributed by atoms with E-state index in [0.717, 1.165) is 16.9 Å². The molecule has 1 saturated heterocycles. The van der Waals surface area contributed by atoms with Gasteiger partial charge in [-0.3, -0.25) is 9.59 Å². The summed E-state index contributed by atoms with van der Waals surface area (Å²) in [4.78, 5) is 24.6. The average molecular weight is 309 g/mol. The van der Waals surface area contributed by atoms with Crippen molar-refractivity contribution in [3.05, 3.63) is 60.2 Å². The molecule has 0 aromatic heterocycles. The quantitative estimate of drug-likeness (QED) is 0.912. The third-order valence-electron chi connectivity index (χ3n) is 3.85. The molecule has 2 amide bonds. The number of carbonyl (C=O) groups excluding carboxylic acids is 2. The predicted molar refractivity (Wildman–Crippen MR) is 89.8 cm³/mol. The van der Waals surface area contributed by atoms with E-state index in [4.69, 9.17) is 0 Å². The maximum atomic E-state index is 12.4. The number of hydrazine groups is 1. The van der Waals surface area contributed by atoms with Gasteiger partial charge in [0, 0.05) is 18.7 Å². The number of hydrogen-bond acceptors (Lipinski definition) is 3. The number of benzene rings is 2. The van der Waals surface area contributed by atoms with Crippen LogP contribution in [-0.2, 0) is 9.59 Å². The molecule has 0 aliphatic carbocycles. The summed E-state index contributed by atoms with van der Waals surface area (Å²) in [5, 5.41) is 4.35. The Hall–Kier alpha value is -2.66. The molecular formula is C18H19N3O2. The van der Waals surface area contributed by atoms with Crippen LogP contribution in [0.4, 0.5) is 11.4 Å². The van der Waals surface area contributed by atoms with Crippen molar-refractivity contribution in [3.63, 3.8) is 0 Å². The summed E-state index contributed by atoms with van der Waals surface area (Å²) >= 11 is 0. The normalized spacial score (nSPS) is 17.3. The Morgan fingerprint density at radius 3 is 2.57 bits per heavy atom. The van der Waals surface area contributed by atoms with E-state index in [-0.39, 0.29) is 24.2 Å². The van der Waals surface area contributed by atoms with Gasteiger partial charge in [0.1, 0.15) is 0 Å². The second kappa shape index (κ2) is 6.62. The Labute approximate surface area is 135 Å². The molecule has 2 aromatic carbocycles. The zero-order valence-corrected chi connectivity index (χ0v) is 13.0. The first-order chi connectivity index (χ1) is 11.1. The number of rotatable bonds is 4. The maximum absolute atomic E-state index is 12.4. The number of para-hydroxylation sites is 1. The summed E-state index contributed by atoms with van der Waals surface area (Å²) in [6, 6.07) is 17.0. The van der Waals surface area contributed by atoms with Crippen LogP contribution < -0.4 is 15.8 Å². The zero-order chi connectivity index (χ0) is 16.2. The van der Waals surface area contributed by atoms with E-state index >= 15 is 0 Å². The fraction of sp³-hybridized carbons (Fsp3) is 0.222. The number of hydrogen-bond donors (Lipinski definition) is 2. The van der Waals surface area contributed by atoms with Crippen LogP contribution in [-0.4, -0.2) is 18.4 Å². The minimum Gasteiger partial charge on any atom is -0.326 e. The Kier molecular flexibility index (Phi) is 4.39. The fourth-order valence-corrected chi connectivity index (χ4v) is 2.58. The molecule has 1 fully saturated rings. The molecule has 118 valence electrons. The Bertz CT molecular complexity index is 698. The molecule has 5 heteroatoms. The molecular weight excluding hydrogens is 290 g/mol. The van der Waals surface area contributed by atoms with Crippen molar-refractivity contribution in [2.24, 2.45) is 5.92 Å². The van der Waals surface area contributed by atoms with Crippen LogP contribution in [0.25, 0.3) is 0 Å². The van der Waals surface area contributed by atoms with Crippen molar-refractivity contribution in [2.45, 2.75) is 13.3 Å². The van der Waals surface area contributed by atoms with Crippen molar-refractivity contribution in [1.82, 2.24) is 5.43 Å². The Morgan fingerprint density at radius 2 is 1.87 bits per heavy atom. The van der Waals surface area contributed by atoms with Gasteiger partial charge in [-0.25, -0.2) is 10.4 Å². The summed E-state index contributed by atoms with van der Waals surface area (Å²) in [7, 11) is 0. The van der Waals surface area contributed by atoms with Crippen molar-refractivity contribution in [2.75, 3.05) is 16.9 Å². The highest BCUT2D eigenvalue weighted by molar-refractivity contribution is 6.00. The summed E-state index contributed by atoms with van der Waals surface area (Å²) in [5.74, 6) is -0.570. The monoisotopic (exact) mass is 309 g/mol. The van der Waals surface area contributed by atoms with E-state index in [0.29, 0.717) is 6.54 Å². The smallest absolute Gasteiger partial charge is 0.246 e. The molecule has 23 heavy (non-hydrogen) atoms. The van der Waals surface area contributed by atoms with Crippen molar-refractivity contribution < 1.29 is 9.59 Å². The lowest BCUT2D eigenvalue weighted by atomic mass is 10.1. The highest BCUT2D eigenvalue weighted by Crippen LogP contribution is 2.21. The second-order valence-corrected chi connectivity index (χ2v) is 5.69. The maximum Gasteiger partial charge on any atom is 0.246 e. The number of carbonyl (C=O) groups is 2. The van der Waals surface area contributed by atoms with Crippen molar-refractivity contribution in [3.8, 4) is 0 Å². The average Bonchev–Trinajstić information content (AvgIpc) is 2.91. The molecule has 0 bridgehead atoms. The van der Waals surface area contributed by atoms with Gasteiger partial charge in [0.2, 0.25) is 11.8 Å². The lowest BCUT2D eigenvalue weighted by molar-refractivity contribution is -0.124. The van der Waals surface area contributed by atoms with E-state index in [9.17, 15) is 9.59 Å². The third-order valence-corrected chi connectivity index (χ3v) is 3.85. The van der Waals surface area contributed by atoms with Crippen molar-refractivity contribution >= 4 is 23.2 Å². The SMILES string of the molecule is Cc1ccc(NC(=O)CC2CNN(c3ccccc3)C2=O)cc1. The van der Waals surface area contributed by atoms with E-state index in [1.54, 1.807) is 0 Å². The van der Waals surface area contributed by atoms with Crippen LogP contribution in [0.2, 0.25) is 0 Å². The number of aryl methyl sites for hydroxylation is 1. The van der Waals surface area contributed by atoms with E-state index in [2.05, 4.69) is 10.7 Å². The van der Waals surface area contributed by atoms with Gasteiger partial charge in [0.15, 0.2) is 0 Å². The van der Waals surface area contributed by atoms with Gasteiger partial charge in [-0.2, -0.15) is 0 Å². The van der Waals surface area contributed by atoms with Gasteiger partial charge < -0.3 is 5.32 Å². The lowest BCUT2D eigenvalue weighted by Gasteiger charge is -2.16. The summed E-state index contributed by atoms with van der Waals surface area (Å²) in [6.07, 6.45) is 0.170. The summed E-state index contributed by atoms with van der Waals surface area (Å²) in [6.45, 7) is 2.46. The van der Waals surface area contributed by atoms with E-state index < -0.39 is 0 Å². The Balaban J connectivity index is 1.59. The number of nitrogens with one attached hydrogen (secondary N) is 2. The minimum absolute atomic E-state index is 0.0738. The van der Waals surface area contributed by atoms with Gasteiger partial charge >= 0.3 is 0 Å². The van der Waals surface area contributed by atoms with Crippen LogP contribution in [0, 0.1) is 12.8 Å². The van der Waals surface area contributed by atoms with Crippen LogP contribution in [0.3, 0.4) is 0 Å². The first-order valence-corrected chi connectivity index (χ1v) is 7.62. The molecule has 0 spiro atoms. The molecule has 2 aromatic rings. The summed E-state index contributed by atoms with van der Waals surface area (Å²) < 4.78 is 0. The zero-order valence-electron chi connectivity index (χ0n) is 13.0. The number of anilines is 2. The summed E-state index contributed by atoms with van der Waals surface area (Å²) in [5.41, 5.74) is 5.73. The standard InChI is InChI=1S/C18H19N3O2/c1-13-7-9-15(10-8-13)20-17(22)11-14-12-19-21(18(14)23)16-5-3-2-4-6-16/h2-10,14,19H,11-12H2,1H3,(H,20,22). The highest BCUT2D eigenvalue weighted by Gasteiger charge is 2.33. The molecule has 1 atom stereocenters. The first kappa shape index (κ1) is 15.2. The first-order valence-electron chi connectivity index (χ1n) is 7.62. The van der Waals surface area contributed by atoms with Crippen molar-refractivity contribution in [1.29, 1.82) is 0 Å². The molecule has 0 radical (unpaired) electrons. The topological polar surface area (TPSA) is 61.4 Å². The minimum atomic E-state index is -0.347. The van der Waals surface area contributed by atoms with Crippen LogP contribution >= 0.6 is 0 Å². The second-order valence-electron chi connectivity index (χ2n) is 5.69. The number of nitrogens with zero attached hydrogens (tertiary/aromatic N) is 1. The molecule has 2 N–H and O–H groups in total. The van der Waals surface area contributed by atoms with Gasteiger partial charge in [-0.15, -0.1) is 0 Å². The fourth-order valence-electron chi connectivity index (χ4n) is 2.58. The molecule has 0 saturated carbocycles.